The van der Waals surface area contributed by atoms with Gasteiger partial charge in [0.1, 0.15) is 6.10 Å². The third-order valence-corrected chi connectivity index (χ3v) is 0.794. The largest absolute Gasteiger partial charge is 2.00 e. The number of carboxylic acid groups (broad SMARTS) is 2. The average Bonchev–Trinajstić information content (AvgIpc) is 1.98. The molecule has 3 N–H and O–H groups in total. The van der Waals surface area contributed by atoms with Gasteiger partial charge in [0.25, 0.3) is 0 Å². The molecule has 0 spiro atoms. The number of aliphatic hydroxyl groups excluding tert-OH is 2. The second-order valence-corrected chi connectivity index (χ2v) is 2.77. The quantitative estimate of drug-likeness (QED) is 0.253. The van der Waals surface area contributed by atoms with Crippen molar-refractivity contribution < 1.29 is 96.6 Å². The molecular formula is C4H5NaO10SZn. The molecule has 0 aromatic heterocycles. The Kier molecular flexibility index (Phi) is 17.5. The van der Waals surface area contributed by atoms with Crippen molar-refractivity contribution >= 4 is 22.3 Å². The van der Waals surface area contributed by atoms with Crippen LogP contribution in [-0.4, -0.2) is 57.0 Å². The maximum atomic E-state index is 9.74. The summed E-state index contributed by atoms with van der Waals surface area (Å²) >= 11 is 0. The van der Waals surface area contributed by atoms with Gasteiger partial charge in [0.05, 0.1) is 5.97 Å². The summed E-state index contributed by atoms with van der Waals surface area (Å²) in [5.41, 5.74) is 0. The van der Waals surface area contributed by atoms with Crippen molar-refractivity contribution in [2.75, 3.05) is 0 Å². The number of hydrogen-bond donors (Lipinski definition) is 3. The van der Waals surface area contributed by atoms with Gasteiger partial charge >= 0.3 is 55.0 Å². The van der Waals surface area contributed by atoms with Crippen LogP contribution in [0.4, 0.5) is 0 Å². The fraction of sp³-hybridized carbons (Fsp3) is 0.500. The van der Waals surface area contributed by atoms with E-state index in [0.717, 1.165) is 0 Å². The Labute approximate surface area is 130 Å². The molecule has 0 aliphatic rings. The predicted octanol–water partition coefficient (Wildman–Crippen LogP) is -7.79. The van der Waals surface area contributed by atoms with Crippen LogP contribution < -0.4 is 34.7 Å². The van der Waals surface area contributed by atoms with Crippen molar-refractivity contribution in [1.82, 2.24) is 0 Å². The Balaban J connectivity index is -0.000000105. The third kappa shape index (κ3) is 22.1. The molecule has 0 aromatic carbocycles. The molecule has 0 aliphatic carbocycles. The number of carbonyl (C=O) groups excluding carboxylic acids is 1. The molecule has 0 bridgehead atoms. The van der Waals surface area contributed by atoms with E-state index in [1.807, 2.05) is 0 Å². The maximum Gasteiger partial charge on any atom is 2.00 e. The molecule has 0 aliphatic heterocycles. The fourth-order valence-corrected chi connectivity index (χ4v) is 0.264. The summed E-state index contributed by atoms with van der Waals surface area (Å²) in [6.45, 7) is 0. The van der Waals surface area contributed by atoms with Crippen LogP contribution in [0.5, 0.6) is 0 Å². The number of aliphatic hydroxyl groups is 2. The maximum absolute atomic E-state index is 9.74. The first-order valence-electron chi connectivity index (χ1n) is 2.93. The van der Waals surface area contributed by atoms with Gasteiger partial charge in [-0.05, 0) is 0 Å². The van der Waals surface area contributed by atoms with Crippen molar-refractivity contribution in [3.63, 3.8) is 0 Å². The summed E-state index contributed by atoms with van der Waals surface area (Å²) in [5, 5.41) is 34.1. The minimum absolute atomic E-state index is 0. The molecule has 0 rings (SSSR count). The van der Waals surface area contributed by atoms with Crippen LogP contribution in [0, 0.1) is 0 Å². The summed E-state index contributed by atoms with van der Waals surface area (Å²) < 4.78 is 34.1. The van der Waals surface area contributed by atoms with E-state index in [2.05, 4.69) is 0 Å². The number of hydrogen-bond acceptors (Lipinski definition) is 9. The van der Waals surface area contributed by atoms with Crippen molar-refractivity contribution in [3.8, 4) is 0 Å². The third-order valence-electron chi connectivity index (χ3n) is 0.794. The van der Waals surface area contributed by atoms with Gasteiger partial charge in [-0.1, -0.05) is 0 Å². The van der Waals surface area contributed by atoms with Crippen LogP contribution in [0.25, 0.3) is 0 Å². The molecule has 0 aromatic rings. The van der Waals surface area contributed by atoms with E-state index in [1.165, 1.54) is 0 Å². The Bertz CT molecular complexity index is 301. The van der Waals surface area contributed by atoms with E-state index in [-0.39, 0.29) is 49.0 Å². The zero-order valence-electron chi connectivity index (χ0n) is 8.47. The number of carbonyl (C=O) groups is 2. The van der Waals surface area contributed by atoms with Gasteiger partial charge in [-0.2, -0.15) is 0 Å². The Morgan fingerprint density at radius 3 is 1.35 bits per heavy atom. The van der Waals surface area contributed by atoms with Crippen LogP contribution in [0.1, 0.15) is 0 Å². The van der Waals surface area contributed by atoms with Gasteiger partial charge in [-0.25, -0.2) is 4.79 Å². The van der Waals surface area contributed by atoms with Gasteiger partial charge in [-0.3, -0.25) is 8.42 Å². The minimum Gasteiger partial charge on any atom is -0.759 e. The molecule has 2 unspecified atom stereocenters. The van der Waals surface area contributed by atoms with Gasteiger partial charge in [0.2, 0.25) is 0 Å². The SMILES string of the molecule is O=C([O-])C(O)C(O)C(=O)O.O=S(=O)([O-])[O-].[Na+].[Zn+2]. The van der Waals surface area contributed by atoms with Gasteiger partial charge in [0.15, 0.2) is 6.10 Å². The first-order valence-corrected chi connectivity index (χ1v) is 4.26. The van der Waals surface area contributed by atoms with Gasteiger partial charge in [-0.15, -0.1) is 0 Å². The topological polar surface area (TPSA) is 198 Å². The normalized spacial score (nSPS) is 12.7. The monoisotopic (exact) mass is 332 g/mol. The molecule has 0 amide bonds. The van der Waals surface area contributed by atoms with E-state index < -0.39 is 34.5 Å². The standard InChI is InChI=1S/C4H6O6.Na.H2O4S.Zn/c5-1(3(7)8)2(6)4(9)10;;1-5(2,3)4;/h1-2,5-6H,(H,7,8)(H,9,10);;(H2,1,2,3,4);/q;+1;;+2/p-3. The molecule has 0 saturated carbocycles. The summed E-state index contributed by atoms with van der Waals surface area (Å²) in [7, 11) is -5.17. The van der Waals surface area contributed by atoms with Crippen LogP contribution in [0.3, 0.4) is 0 Å². The number of carboxylic acids is 2. The number of rotatable bonds is 3. The average molecular weight is 334 g/mol. The second-order valence-electron chi connectivity index (χ2n) is 1.96. The molecule has 0 fully saturated rings. The molecule has 0 saturated heterocycles. The molecule has 2 atom stereocenters. The summed E-state index contributed by atoms with van der Waals surface area (Å²) in [4.78, 5) is 19.4. The molecule has 90 valence electrons. The van der Waals surface area contributed by atoms with Crippen LogP contribution >= 0.6 is 0 Å². The molecule has 10 nitrogen and oxygen atoms in total. The molecule has 0 heterocycles. The van der Waals surface area contributed by atoms with E-state index in [1.54, 1.807) is 0 Å². The molecule has 13 heteroatoms. The molecule has 0 radical (unpaired) electrons. The van der Waals surface area contributed by atoms with Gasteiger partial charge < -0.3 is 34.3 Å². The Hall–Kier alpha value is 0.353. The van der Waals surface area contributed by atoms with Gasteiger partial charge in [0, 0.05) is 10.4 Å². The van der Waals surface area contributed by atoms with Crippen LogP contribution in [0.15, 0.2) is 0 Å². The first-order chi connectivity index (χ1) is 6.46. The minimum atomic E-state index is -5.17. The summed E-state index contributed by atoms with van der Waals surface area (Å²) in [6.07, 6.45) is -4.71. The van der Waals surface area contributed by atoms with E-state index >= 15 is 0 Å². The second kappa shape index (κ2) is 11.4. The van der Waals surface area contributed by atoms with Crippen LogP contribution in [0.2, 0.25) is 0 Å². The van der Waals surface area contributed by atoms with Crippen molar-refractivity contribution in [2.45, 2.75) is 12.2 Å². The summed E-state index contributed by atoms with van der Waals surface area (Å²) in [6, 6.07) is 0. The predicted molar refractivity (Wildman–Crippen MR) is 35.1 cm³/mol. The Morgan fingerprint density at radius 1 is 1.06 bits per heavy atom. The van der Waals surface area contributed by atoms with E-state index in [9.17, 15) is 14.7 Å². The summed E-state index contributed by atoms with van der Waals surface area (Å²) in [5.74, 6) is -3.83. The smallest absolute Gasteiger partial charge is 0.759 e. The molecular weight excluding hydrogens is 328 g/mol. The van der Waals surface area contributed by atoms with Crippen molar-refractivity contribution in [1.29, 1.82) is 0 Å². The van der Waals surface area contributed by atoms with E-state index in [0.29, 0.717) is 0 Å². The fourth-order valence-electron chi connectivity index (χ4n) is 0.264. The van der Waals surface area contributed by atoms with Crippen molar-refractivity contribution in [3.05, 3.63) is 0 Å². The van der Waals surface area contributed by atoms with E-state index in [4.69, 9.17) is 32.8 Å². The molecule has 17 heavy (non-hydrogen) atoms. The first kappa shape index (κ1) is 26.0. The number of aliphatic carboxylic acids is 2. The van der Waals surface area contributed by atoms with Crippen molar-refractivity contribution in [2.24, 2.45) is 0 Å². The Morgan fingerprint density at radius 2 is 1.29 bits per heavy atom. The zero-order valence-corrected chi connectivity index (χ0v) is 14.3. The zero-order chi connectivity index (χ0) is 12.8. The van der Waals surface area contributed by atoms with Crippen LogP contribution in [-0.2, 0) is 39.5 Å².